The van der Waals surface area contributed by atoms with Gasteiger partial charge in [-0.2, -0.15) is 0 Å². The van der Waals surface area contributed by atoms with Crippen LogP contribution in [-0.2, 0) is 4.79 Å². The van der Waals surface area contributed by atoms with E-state index >= 15 is 0 Å². The molecular weight excluding hydrogens is 234 g/mol. The van der Waals surface area contributed by atoms with Gasteiger partial charge in [0.05, 0.1) is 5.69 Å². The molecule has 0 amide bonds. The first-order chi connectivity index (χ1) is 8.66. The predicted octanol–water partition coefficient (Wildman–Crippen LogP) is 0.858. The van der Waals surface area contributed by atoms with Gasteiger partial charge in [-0.1, -0.05) is 0 Å². The van der Waals surface area contributed by atoms with Crippen LogP contribution < -0.4 is 10.5 Å². The molecule has 6 nitrogen and oxygen atoms in total. The second-order valence-corrected chi connectivity index (χ2v) is 4.20. The number of aromatic nitrogens is 2. The standard InChI is InChI=1S/C12H15N3O3/c16-10(17)5-4-9-8-13-12(18)11(14-9)15-6-2-1-3-7-15/h4-5,8H,1-3,6-7H2,(H,13,18)(H,16,17)/b5-4+. The van der Waals surface area contributed by atoms with E-state index in [-0.39, 0.29) is 5.56 Å². The molecule has 18 heavy (non-hydrogen) atoms. The number of piperidine rings is 1. The summed E-state index contributed by atoms with van der Waals surface area (Å²) in [4.78, 5) is 30.9. The van der Waals surface area contributed by atoms with Crippen LogP contribution in [0.1, 0.15) is 25.0 Å². The van der Waals surface area contributed by atoms with Gasteiger partial charge in [-0.15, -0.1) is 0 Å². The summed E-state index contributed by atoms with van der Waals surface area (Å²) < 4.78 is 0. The smallest absolute Gasteiger partial charge is 0.328 e. The molecule has 0 radical (unpaired) electrons. The Morgan fingerprint density at radius 1 is 1.39 bits per heavy atom. The highest BCUT2D eigenvalue weighted by Gasteiger charge is 2.15. The van der Waals surface area contributed by atoms with E-state index in [0.29, 0.717) is 11.5 Å². The molecule has 96 valence electrons. The quantitative estimate of drug-likeness (QED) is 0.776. The van der Waals surface area contributed by atoms with Crippen LogP contribution in [0.25, 0.3) is 6.08 Å². The maximum atomic E-state index is 11.7. The Morgan fingerprint density at radius 3 is 2.78 bits per heavy atom. The number of hydrogen-bond acceptors (Lipinski definition) is 4. The van der Waals surface area contributed by atoms with Gasteiger partial charge in [0.1, 0.15) is 0 Å². The fourth-order valence-corrected chi connectivity index (χ4v) is 1.97. The Bertz CT molecular complexity index is 516. The van der Waals surface area contributed by atoms with Crippen molar-refractivity contribution in [1.82, 2.24) is 9.97 Å². The molecular formula is C12H15N3O3. The summed E-state index contributed by atoms with van der Waals surface area (Å²) in [5.74, 6) is -0.662. The number of carbonyl (C=O) groups is 1. The van der Waals surface area contributed by atoms with Gasteiger partial charge in [0.25, 0.3) is 5.56 Å². The molecule has 0 spiro atoms. The minimum absolute atomic E-state index is 0.232. The molecule has 0 aliphatic carbocycles. The zero-order valence-electron chi connectivity index (χ0n) is 9.93. The fourth-order valence-electron chi connectivity index (χ4n) is 1.97. The summed E-state index contributed by atoms with van der Waals surface area (Å²) >= 11 is 0. The molecule has 0 saturated carbocycles. The molecule has 2 rings (SSSR count). The SMILES string of the molecule is O=C(O)/C=C/c1c[nH]c(=O)c(N2CCCCC2)n1. The molecule has 0 atom stereocenters. The van der Waals surface area contributed by atoms with Crippen LogP contribution in [0.3, 0.4) is 0 Å². The van der Waals surface area contributed by atoms with Crippen molar-refractivity contribution >= 4 is 17.9 Å². The van der Waals surface area contributed by atoms with Crippen LogP contribution >= 0.6 is 0 Å². The first-order valence-corrected chi connectivity index (χ1v) is 5.92. The second-order valence-electron chi connectivity index (χ2n) is 4.20. The first-order valence-electron chi connectivity index (χ1n) is 5.92. The zero-order chi connectivity index (χ0) is 13.0. The number of H-pyrrole nitrogens is 1. The molecule has 0 bridgehead atoms. The number of nitrogens with one attached hydrogen (secondary N) is 1. The minimum Gasteiger partial charge on any atom is -0.478 e. The van der Waals surface area contributed by atoms with Gasteiger partial charge in [0.2, 0.25) is 0 Å². The third-order valence-corrected chi connectivity index (χ3v) is 2.84. The number of carboxylic acids is 1. The number of aliphatic carboxylic acids is 1. The van der Waals surface area contributed by atoms with E-state index in [9.17, 15) is 9.59 Å². The molecule has 1 saturated heterocycles. The lowest BCUT2D eigenvalue weighted by molar-refractivity contribution is -0.131. The highest BCUT2D eigenvalue weighted by molar-refractivity contribution is 5.84. The number of hydrogen-bond donors (Lipinski definition) is 2. The van der Waals surface area contributed by atoms with E-state index in [2.05, 4.69) is 9.97 Å². The number of carboxylic acid groups (broad SMARTS) is 1. The Labute approximate surface area is 104 Å². The number of aromatic amines is 1. The molecule has 1 aromatic heterocycles. The molecule has 2 N–H and O–H groups in total. The topological polar surface area (TPSA) is 86.3 Å². The van der Waals surface area contributed by atoms with Crippen LogP contribution in [0, 0.1) is 0 Å². The Morgan fingerprint density at radius 2 is 2.11 bits per heavy atom. The number of rotatable bonds is 3. The summed E-state index contributed by atoms with van der Waals surface area (Å²) in [5, 5.41) is 8.55. The first kappa shape index (κ1) is 12.3. The lowest BCUT2D eigenvalue weighted by Crippen LogP contribution is -2.34. The predicted molar refractivity (Wildman–Crippen MR) is 67.6 cm³/mol. The maximum Gasteiger partial charge on any atom is 0.328 e. The summed E-state index contributed by atoms with van der Waals surface area (Å²) in [7, 11) is 0. The van der Waals surface area contributed by atoms with Crippen LogP contribution in [0.5, 0.6) is 0 Å². The van der Waals surface area contributed by atoms with Crippen molar-refractivity contribution in [3.63, 3.8) is 0 Å². The van der Waals surface area contributed by atoms with Crippen molar-refractivity contribution in [2.45, 2.75) is 19.3 Å². The van der Waals surface area contributed by atoms with Gasteiger partial charge in [-0.25, -0.2) is 9.78 Å². The van der Waals surface area contributed by atoms with Gasteiger partial charge in [-0.3, -0.25) is 4.79 Å². The lowest BCUT2D eigenvalue weighted by atomic mass is 10.1. The summed E-state index contributed by atoms with van der Waals surface area (Å²) in [6, 6.07) is 0. The molecule has 0 unspecified atom stereocenters. The molecule has 6 heteroatoms. The Balaban J connectivity index is 2.26. The third kappa shape index (κ3) is 2.97. The van der Waals surface area contributed by atoms with E-state index in [4.69, 9.17) is 5.11 Å². The highest BCUT2D eigenvalue weighted by atomic mass is 16.4. The van der Waals surface area contributed by atoms with Crippen molar-refractivity contribution in [3.05, 3.63) is 28.3 Å². The largest absolute Gasteiger partial charge is 0.478 e. The fraction of sp³-hybridized carbons (Fsp3) is 0.417. The van der Waals surface area contributed by atoms with E-state index in [1.165, 1.54) is 18.7 Å². The molecule has 1 aromatic rings. The van der Waals surface area contributed by atoms with Crippen molar-refractivity contribution < 1.29 is 9.90 Å². The summed E-state index contributed by atoms with van der Waals surface area (Å²) in [5.41, 5.74) is 0.210. The van der Waals surface area contributed by atoms with Crippen LogP contribution in [-0.4, -0.2) is 34.1 Å². The van der Waals surface area contributed by atoms with E-state index in [1.54, 1.807) is 0 Å². The minimum atomic E-state index is -1.04. The van der Waals surface area contributed by atoms with Gasteiger partial charge >= 0.3 is 5.97 Å². The Kier molecular flexibility index (Phi) is 3.76. The van der Waals surface area contributed by atoms with Crippen LogP contribution in [0.4, 0.5) is 5.82 Å². The summed E-state index contributed by atoms with van der Waals surface area (Å²) in [6.07, 6.45) is 7.06. The van der Waals surface area contributed by atoms with Crippen molar-refractivity contribution in [1.29, 1.82) is 0 Å². The van der Waals surface area contributed by atoms with Gasteiger partial charge in [-0.05, 0) is 25.3 Å². The molecule has 1 aliphatic heterocycles. The molecule has 1 fully saturated rings. The monoisotopic (exact) mass is 249 g/mol. The molecule has 0 aromatic carbocycles. The maximum absolute atomic E-state index is 11.7. The average molecular weight is 249 g/mol. The van der Waals surface area contributed by atoms with Crippen LogP contribution in [0.15, 0.2) is 17.1 Å². The lowest BCUT2D eigenvalue weighted by Gasteiger charge is -2.26. The van der Waals surface area contributed by atoms with Gasteiger partial charge in [0, 0.05) is 25.4 Å². The highest BCUT2D eigenvalue weighted by Crippen LogP contribution is 2.14. The summed E-state index contributed by atoms with van der Waals surface area (Å²) in [6.45, 7) is 1.64. The van der Waals surface area contributed by atoms with Gasteiger partial charge in [0.15, 0.2) is 5.82 Å². The van der Waals surface area contributed by atoms with Crippen molar-refractivity contribution in [2.24, 2.45) is 0 Å². The third-order valence-electron chi connectivity index (χ3n) is 2.84. The van der Waals surface area contributed by atoms with Crippen molar-refractivity contribution in [3.8, 4) is 0 Å². The number of nitrogens with zero attached hydrogens (tertiary/aromatic N) is 2. The van der Waals surface area contributed by atoms with E-state index in [0.717, 1.165) is 32.0 Å². The van der Waals surface area contributed by atoms with Crippen LogP contribution in [0.2, 0.25) is 0 Å². The number of anilines is 1. The van der Waals surface area contributed by atoms with E-state index in [1.807, 2.05) is 4.90 Å². The molecule has 2 heterocycles. The second kappa shape index (κ2) is 5.48. The van der Waals surface area contributed by atoms with Crippen molar-refractivity contribution in [2.75, 3.05) is 18.0 Å². The Hall–Kier alpha value is -2.11. The van der Waals surface area contributed by atoms with Gasteiger partial charge < -0.3 is 15.0 Å². The normalized spacial score (nSPS) is 16.1. The average Bonchev–Trinajstić information content (AvgIpc) is 2.38. The molecule has 1 aliphatic rings. The zero-order valence-corrected chi connectivity index (χ0v) is 9.93. The van der Waals surface area contributed by atoms with E-state index < -0.39 is 5.97 Å².